The normalized spacial score (nSPS) is 13.7. The molecule has 1 amide bonds. The molecule has 1 saturated heterocycles. The summed E-state index contributed by atoms with van der Waals surface area (Å²) in [6.07, 6.45) is 0. The number of ether oxygens (including phenoxy) is 1. The van der Waals surface area contributed by atoms with Crippen LogP contribution < -0.4 is 15.4 Å². The fourth-order valence-electron chi connectivity index (χ4n) is 3.83. The Morgan fingerprint density at radius 3 is 2.69 bits per heavy atom. The first-order valence-electron chi connectivity index (χ1n) is 10.1. The Morgan fingerprint density at radius 1 is 1.25 bits per heavy atom. The number of anilines is 2. The number of nitriles is 1. The zero-order valence-electron chi connectivity index (χ0n) is 17.8. The molecule has 1 aliphatic rings. The van der Waals surface area contributed by atoms with E-state index in [-0.39, 0.29) is 5.91 Å². The lowest BCUT2D eigenvalue weighted by molar-refractivity contribution is 0.0745. The average Bonchev–Trinajstić information content (AvgIpc) is 3.21. The van der Waals surface area contributed by atoms with Crippen molar-refractivity contribution in [2.24, 2.45) is 0 Å². The van der Waals surface area contributed by atoms with E-state index in [1.165, 1.54) is 0 Å². The van der Waals surface area contributed by atoms with Crippen LogP contribution in [-0.2, 0) is 0 Å². The first-order valence-corrected chi connectivity index (χ1v) is 10.4. The number of hydrogen-bond donors (Lipinski definition) is 1. The molecule has 0 radical (unpaired) electrons. The van der Waals surface area contributed by atoms with Crippen molar-refractivity contribution >= 4 is 28.9 Å². The van der Waals surface area contributed by atoms with Crippen LogP contribution >= 0.6 is 11.6 Å². The summed E-state index contributed by atoms with van der Waals surface area (Å²) >= 11 is 6.05. The molecule has 8 nitrogen and oxygen atoms in total. The second-order valence-corrected chi connectivity index (χ2v) is 7.88. The van der Waals surface area contributed by atoms with Crippen LogP contribution in [0.15, 0.2) is 40.9 Å². The molecule has 0 bridgehead atoms. The van der Waals surface area contributed by atoms with Crippen molar-refractivity contribution in [1.29, 1.82) is 5.26 Å². The third-order valence-corrected chi connectivity index (χ3v) is 5.89. The molecule has 1 aromatic heterocycles. The molecule has 1 aliphatic heterocycles. The molecule has 1 fully saturated rings. The van der Waals surface area contributed by atoms with Gasteiger partial charge in [0.15, 0.2) is 0 Å². The van der Waals surface area contributed by atoms with Crippen molar-refractivity contribution in [2.75, 3.05) is 43.9 Å². The van der Waals surface area contributed by atoms with E-state index in [2.05, 4.69) is 11.2 Å². The molecule has 32 heavy (non-hydrogen) atoms. The SMILES string of the molecule is COc1cccc(-c2noc(C)c2C(=O)N2CCN(c3cc(N)c(Cl)cc3C#N)CC2)c1. The molecule has 3 aromatic rings. The standard InChI is InChI=1S/C23H22ClN5O3/c1-14-21(22(27-32-14)15-4-3-5-17(10-15)31-2)23(30)29-8-6-28(7-9-29)20-12-19(26)18(24)11-16(20)13-25/h3-5,10-12H,6-9,26H2,1-2H3. The number of nitrogen functional groups attached to an aromatic ring is 1. The maximum atomic E-state index is 13.4. The zero-order chi connectivity index (χ0) is 22.8. The molecule has 0 spiro atoms. The molecule has 164 valence electrons. The minimum Gasteiger partial charge on any atom is -0.497 e. The lowest BCUT2D eigenvalue weighted by Crippen LogP contribution is -2.49. The minimum atomic E-state index is -0.141. The number of piperazine rings is 1. The Hall–Kier alpha value is -3.70. The van der Waals surface area contributed by atoms with Gasteiger partial charge in [0.1, 0.15) is 28.8 Å². The van der Waals surface area contributed by atoms with E-state index in [1.54, 1.807) is 31.1 Å². The summed E-state index contributed by atoms with van der Waals surface area (Å²) in [7, 11) is 1.59. The molecule has 0 saturated carbocycles. The van der Waals surface area contributed by atoms with Gasteiger partial charge in [-0.3, -0.25) is 4.79 Å². The molecule has 2 aromatic carbocycles. The lowest BCUT2D eigenvalue weighted by atomic mass is 10.0. The molecule has 2 heterocycles. The monoisotopic (exact) mass is 451 g/mol. The number of methoxy groups -OCH3 is 1. The number of aryl methyl sites for hydroxylation is 1. The third-order valence-electron chi connectivity index (χ3n) is 5.56. The number of carbonyl (C=O) groups excluding carboxylic acids is 1. The molecule has 4 rings (SSSR count). The van der Waals surface area contributed by atoms with E-state index in [0.717, 1.165) is 11.3 Å². The number of hydrogen-bond acceptors (Lipinski definition) is 7. The van der Waals surface area contributed by atoms with Gasteiger partial charge < -0.3 is 24.8 Å². The highest BCUT2D eigenvalue weighted by Crippen LogP contribution is 2.32. The Labute approximate surface area is 190 Å². The smallest absolute Gasteiger partial charge is 0.259 e. The Kier molecular flexibility index (Phi) is 5.93. The van der Waals surface area contributed by atoms with E-state index in [1.807, 2.05) is 29.2 Å². The zero-order valence-corrected chi connectivity index (χ0v) is 18.5. The van der Waals surface area contributed by atoms with Crippen LogP contribution in [0.2, 0.25) is 5.02 Å². The quantitative estimate of drug-likeness (QED) is 0.602. The van der Waals surface area contributed by atoms with Gasteiger partial charge in [-0.25, -0.2) is 0 Å². The summed E-state index contributed by atoms with van der Waals surface area (Å²) < 4.78 is 10.7. The third kappa shape index (κ3) is 3.95. The maximum Gasteiger partial charge on any atom is 0.259 e. The first-order chi connectivity index (χ1) is 15.4. The minimum absolute atomic E-state index is 0.141. The summed E-state index contributed by atoms with van der Waals surface area (Å²) in [5, 5.41) is 14.0. The first kappa shape index (κ1) is 21.5. The number of carbonyl (C=O) groups is 1. The van der Waals surface area contributed by atoms with Gasteiger partial charge in [-0.2, -0.15) is 5.26 Å². The van der Waals surface area contributed by atoms with E-state index >= 15 is 0 Å². The van der Waals surface area contributed by atoms with E-state index < -0.39 is 0 Å². The van der Waals surface area contributed by atoms with Crippen LogP contribution in [0.4, 0.5) is 11.4 Å². The number of aromatic nitrogens is 1. The number of benzene rings is 2. The van der Waals surface area contributed by atoms with E-state index in [9.17, 15) is 10.1 Å². The fraction of sp³-hybridized carbons (Fsp3) is 0.261. The number of halogens is 1. The summed E-state index contributed by atoms with van der Waals surface area (Å²) in [5.41, 5.74) is 9.22. The van der Waals surface area contributed by atoms with E-state index in [0.29, 0.717) is 65.2 Å². The Bertz CT molecular complexity index is 1210. The highest BCUT2D eigenvalue weighted by molar-refractivity contribution is 6.33. The van der Waals surface area contributed by atoms with Crippen LogP contribution in [0.25, 0.3) is 11.3 Å². The predicted octanol–water partition coefficient (Wildman–Crippen LogP) is 3.73. The predicted molar refractivity (Wildman–Crippen MR) is 122 cm³/mol. The van der Waals surface area contributed by atoms with Crippen molar-refractivity contribution in [2.45, 2.75) is 6.92 Å². The van der Waals surface area contributed by atoms with Gasteiger partial charge in [-0.1, -0.05) is 28.9 Å². The van der Waals surface area contributed by atoms with Crippen molar-refractivity contribution in [3.05, 3.63) is 58.3 Å². The number of nitrogens with zero attached hydrogens (tertiary/aromatic N) is 4. The fourth-order valence-corrected chi connectivity index (χ4v) is 3.99. The second kappa shape index (κ2) is 8.81. The van der Waals surface area contributed by atoms with Gasteiger partial charge in [0.25, 0.3) is 5.91 Å². The average molecular weight is 452 g/mol. The van der Waals surface area contributed by atoms with Gasteiger partial charge in [0.05, 0.1) is 29.1 Å². The number of rotatable bonds is 4. The van der Waals surface area contributed by atoms with Gasteiger partial charge in [-0.15, -0.1) is 0 Å². The number of nitrogens with two attached hydrogens (primary N) is 1. The molecule has 0 unspecified atom stereocenters. The highest BCUT2D eigenvalue weighted by Gasteiger charge is 2.29. The highest BCUT2D eigenvalue weighted by atomic mass is 35.5. The van der Waals surface area contributed by atoms with Gasteiger partial charge in [0.2, 0.25) is 0 Å². The van der Waals surface area contributed by atoms with Crippen LogP contribution in [-0.4, -0.2) is 49.3 Å². The largest absolute Gasteiger partial charge is 0.497 e. The summed E-state index contributed by atoms with van der Waals surface area (Å²) in [5.74, 6) is 0.996. The summed E-state index contributed by atoms with van der Waals surface area (Å²) in [4.78, 5) is 17.2. The van der Waals surface area contributed by atoms with Gasteiger partial charge >= 0.3 is 0 Å². The van der Waals surface area contributed by atoms with Gasteiger partial charge in [-0.05, 0) is 31.2 Å². The molecular weight excluding hydrogens is 430 g/mol. The van der Waals surface area contributed by atoms with Gasteiger partial charge in [0, 0.05) is 31.7 Å². The summed E-state index contributed by atoms with van der Waals surface area (Å²) in [6.45, 7) is 3.80. The van der Waals surface area contributed by atoms with Crippen LogP contribution in [0, 0.1) is 18.3 Å². The topological polar surface area (TPSA) is 109 Å². The Morgan fingerprint density at radius 2 is 2.00 bits per heavy atom. The van der Waals surface area contributed by atoms with E-state index in [4.69, 9.17) is 26.6 Å². The molecule has 2 N–H and O–H groups in total. The second-order valence-electron chi connectivity index (χ2n) is 7.48. The van der Waals surface area contributed by atoms with Crippen molar-refractivity contribution < 1.29 is 14.1 Å². The van der Waals surface area contributed by atoms with Crippen molar-refractivity contribution in [1.82, 2.24) is 10.1 Å². The summed E-state index contributed by atoms with van der Waals surface area (Å²) in [6, 6.07) is 12.8. The Balaban J connectivity index is 1.55. The van der Waals surface area contributed by atoms with Crippen LogP contribution in [0.5, 0.6) is 5.75 Å². The molecule has 9 heteroatoms. The van der Waals surface area contributed by atoms with Crippen molar-refractivity contribution in [3.63, 3.8) is 0 Å². The molecule has 0 aliphatic carbocycles. The van der Waals surface area contributed by atoms with Crippen LogP contribution in [0.1, 0.15) is 21.7 Å². The molecule has 0 atom stereocenters. The van der Waals surface area contributed by atoms with Crippen LogP contribution in [0.3, 0.4) is 0 Å². The maximum absolute atomic E-state index is 13.4. The van der Waals surface area contributed by atoms with Crippen molar-refractivity contribution in [3.8, 4) is 23.1 Å². The molecular formula is C23H22ClN5O3. The lowest BCUT2D eigenvalue weighted by Gasteiger charge is -2.36. The number of amides is 1.